The summed E-state index contributed by atoms with van der Waals surface area (Å²) in [5, 5.41) is 5.31. The van der Waals surface area contributed by atoms with Crippen LogP contribution in [0.2, 0.25) is 0 Å². The molecule has 0 aliphatic carbocycles. The van der Waals surface area contributed by atoms with Gasteiger partial charge in [0.2, 0.25) is 0 Å². The Balaban J connectivity index is 0.000000144. The number of nitrogens with zero attached hydrogens (tertiary/aromatic N) is 4. The van der Waals surface area contributed by atoms with Crippen LogP contribution in [0.1, 0.15) is 0 Å². The molecule has 3 rings (SSSR count). The van der Waals surface area contributed by atoms with Crippen molar-refractivity contribution in [2.75, 3.05) is 0 Å². The number of benzene rings is 1. The van der Waals surface area contributed by atoms with Gasteiger partial charge in [0.15, 0.2) is 0 Å². The van der Waals surface area contributed by atoms with Crippen molar-refractivity contribution in [3.63, 3.8) is 0 Å². The molecule has 0 atom stereocenters. The molecule has 15 heavy (non-hydrogen) atoms. The molecular formula is C10H8N4S. The molecule has 0 bridgehead atoms. The zero-order valence-electron chi connectivity index (χ0n) is 7.82. The van der Waals surface area contributed by atoms with Crippen molar-refractivity contribution in [1.29, 1.82) is 0 Å². The third kappa shape index (κ3) is 2.78. The normalized spacial score (nSPS) is 9.33. The van der Waals surface area contributed by atoms with Gasteiger partial charge in [-0.1, -0.05) is 16.6 Å². The van der Waals surface area contributed by atoms with Crippen molar-refractivity contribution >= 4 is 22.6 Å². The minimum atomic E-state index is 0.949. The van der Waals surface area contributed by atoms with Crippen LogP contribution in [-0.4, -0.2) is 19.6 Å². The Bertz CT molecular complexity index is 427. The van der Waals surface area contributed by atoms with E-state index in [0.717, 1.165) is 11.0 Å². The lowest BCUT2D eigenvalue weighted by Crippen LogP contribution is -1.78. The average molecular weight is 216 g/mol. The van der Waals surface area contributed by atoms with Gasteiger partial charge in [0.25, 0.3) is 0 Å². The Labute approximate surface area is 90.8 Å². The molecule has 5 heteroatoms. The van der Waals surface area contributed by atoms with Gasteiger partial charge in [-0.3, -0.25) is 9.97 Å². The molecule has 3 aromatic rings. The SMILES string of the molecule is c1ccc2nccnc2c1.c1csnn1. The molecule has 0 aliphatic rings. The molecule has 0 fully saturated rings. The standard InChI is InChI=1S/C8H6N2.C2H2N2S/c1-2-4-8-7(3-1)9-5-6-10-8;1-2-5-4-3-1/h1-6H;1-2H. The van der Waals surface area contributed by atoms with Crippen LogP contribution in [0, 0.1) is 0 Å². The number of aromatic nitrogens is 4. The second kappa shape index (κ2) is 5.11. The second-order valence-electron chi connectivity index (χ2n) is 2.63. The highest BCUT2D eigenvalue weighted by Crippen LogP contribution is 2.04. The fourth-order valence-corrected chi connectivity index (χ4v) is 1.32. The van der Waals surface area contributed by atoms with E-state index in [1.54, 1.807) is 18.6 Å². The van der Waals surface area contributed by atoms with Gasteiger partial charge < -0.3 is 0 Å². The summed E-state index contributed by atoms with van der Waals surface area (Å²) >= 11 is 1.35. The first-order valence-corrected chi connectivity index (χ1v) is 5.17. The molecule has 0 amide bonds. The zero-order valence-corrected chi connectivity index (χ0v) is 8.63. The lowest BCUT2D eigenvalue weighted by atomic mass is 10.3. The molecule has 1 aromatic carbocycles. The first-order chi connectivity index (χ1) is 7.47. The van der Waals surface area contributed by atoms with Gasteiger partial charge in [-0.15, -0.1) is 5.10 Å². The molecule has 0 radical (unpaired) electrons. The van der Waals surface area contributed by atoms with Crippen LogP contribution < -0.4 is 0 Å². The molecule has 0 spiro atoms. The van der Waals surface area contributed by atoms with Gasteiger partial charge in [-0.25, -0.2) is 0 Å². The first-order valence-electron chi connectivity index (χ1n) is 4.33. The van der Waals surface area contributed by atoms with E-state index in [2.05, 4.69) is 19.6 Å². The van der Waals surface area contributed by atoms with E-state index in [1.807, 2.05) is 29.6 Å². The van der Waals surface area contributed by atoms with Crippen LogP contribution >= 0.6 is 11.5 Å². The topological polar surface area (TPSA) is 51.6 Å². The summed E-state index contributed by atoms with van der Waals surface area (Å²) in [5.41, 5.74) is 1.90. The highest BCUT2D eigenvalue weighted by atomic mass is 32.1. The Morgan fingerprint density at radius 3 is 1.93 bits per heavy atom. The van der Waals surface area contributed by atoms with E-state index in [4.69, 9.17) is 0 Å². The molecule has 2 aromatic heterocycles. The van der Waals surface area contributed by atoms with E-state index < -0.39 is 0 Å². The second-order valence-corrected chi connectivity index (χ2v) is 3.28. The smallest absolute Gasteiger partial charge is 0.0886 e. The van der Waals surface area contributed by atoms with E-state index in [1.165, 1.54) is 11.5 Å². The van der Waals surface area contributed by atoms with Crippen molar-refractivity contribution in [3.8, 4) is 0 Å². The highest BCUT2D eigenvalue weighted by Gasteiger charge is 1.88. The van der Waals surface area contributed by atoms with Crippen molar-refractivity contribution < 1.29 is 0 Å². The average Bonchev–Trinajstić information content (AvgIpc) is 2.88. The quantitative estimate of drug-likeness (QED) is 0.578. The summed E-state index contributed by atoms with van der Waals surface area (Å²) in [6, 6.07) is 7.80. The molecule has 74 valence electrons. The summed E-state index contributed by atoms with van der Waals surface area (Å²) in [7, 11) is 0. The summed E-state index contributed by atoms with van der Waals surface area (Å²) in [5.74, 6) is 0. The van der Waals surface area contributed by atoms with Crippen LogP contribution in [0.3, 0.4) is 0 Å². The molecule has 0 N–H and O–H groups in total. The van der Waals surface area contributed by atoms with E-state index >= 15 is 0 Å². The van der Waals surface area contributed by atoms with E-state index in [9.17, 15) is 0 Å². The van der Waals surface area contributed by atoms with Crippen LogP contribution in [0.25, 0.3) is 11.0 Å². The Morgan fingerprint density at radius 2 is 1.53 bits per heavy atom. The van der Waals surface area contributed by atoms with Crippen LogP contribution in [0.5, 0.6) is 0 Å². The lowest BCUT2D eigenvalue weighted by Gasteiger charge is -1.90. The van der Waals surface area contributed by atoms with Gasteiger partial charge in [0, 0.05) is 17.8 Å². The Morgan fingerprint density at radius 1 is 0.867 bits per heavy atom. The zero-order chi connectivity index (χ0) is 10.3. The number of rotatable bonds is 0. The predicted molar refractivity (Wildman–Crippen MR) is 59.4 cm³/mol. The van der Waals surface area contributed by atoms with Gasteiger partial charge >= 0.3 is 0 Å². The number of hydrogen-bond acceptors (Lipinski definition) is 5. The van der Waals surface area contributed by atoms with Crippen molar-refractivity contribution in [3.05, 3.63) is 48.2 Å². The predicted octanol–water partition coefficient (Wildman–Crippen LogP) is 2.17. The Hall–Kier alpha value is -1.88. The van der Waals surface area contributed by atoms with Crippen LogP contribution in [0.4, 0.5) is 0 Å². The molecule has 0 saturated carbocycles. The summed E-state index contributed by atoms with van der Waals surface area (Å²) in [6.45, 7) is 0. The molecule has 0 unspecified atom stereocenters. The van der Waals surface area contributed by atoms with E-state index in [-0.39, 0.29) is 0 Å². The molecule has 0 aliphatic heterocycles. The first kappa shape index (κ1) is 9.67. The third-order valence-corrected chi connectivity index (χ3v) is 2.09. The van der Waals surface area contributed by atoms with Gasteiger partial charge in [-0.2, -0.15) is 0 Å². The van der Waals surface area contributed by atoms with Gasteiger partial charge in [0.05, 0.1) is 17.2 Å². The largest absolute Gasteiger partial charge is 0.253 e. The Kier molecular flexibility index (Phi) is 3.30. The minimum Gasteiger partial charge on any atom is -0.253 e. The number of hydrogen-bond donors (Lipinski definition) is 0. The van der Waals surface area contributed by atoms with Gasteiger partial charge in [0.1, 0.15) is 0 Å². The maximum Gasteiger partial charge on any atom is 0.0886 e. The summed E-state index contributed by atoms with van der Waals surface area (Å²) in [6.07, 6.45) is 5.05. The van der Waals surface area contributed by atoms with Crippen LogP contribution in [-0.2, 0) is 0 Å². The van der Waals surface area contributed by atoms with Crippen molar-refractivity contribution in [1.82, 2.24) is 19.6 Å². The monoisotopic (exact) mass is 216 g/mol. The minimum absolute atomic E-state index is 0.949. The number of para-hydroxylation sites is 2. The third-order valence-electron chi connectivity index (χ3n) is 1.66. The maximum absolute atomic E-state index is 4.12. The molecule has 0 saturated heterocycles. The molecule has 4 nitrogen and oxygen atoms in total. The molecule has 2 heterocycles. The lowest BCUT2D eigenvalue weighted by molar-refractivity contribution is 1.16. The van der Waals surface area contributed by atoms with E-state index in [0.29, 0.717) is 0 Å². The fraction of sp³-hybridized carbons (Fsp3) is 0. The van der Waals surface area contributed by atoms with Crippen molar-refractivity contribution in [2.24, 2.45) is 0 Å². The highest BCUT2D eigenvalue weighted by molar-refractivity contribution is 7.03. The van der Waals surface area contributed by atoms with Crippen molar-refractivity contribution in [2.45, 2.75) is 0 Å². The fourth-order valence-electron chi connectivity index (χ4n) is 1.05. The van der Waals surface area contributed by atoms with Crippen LogP contribution in [0.15, 0.2) is 48.2 Å². The number of fused-ring (bicyclic) bond motifs is 1. The summed E-state index contributed by atoms with van der Waals surface area (Å²) < 4.78 is 3.51. The maximum atomic E-state index is 4.12. The summed E-state index contributed by atoms with van der Waals surface area (Å²) in [4.78, 5) is 8.24. The molecular weight excluding hydrogens is 208 g/mol. The van der Waals surface area contributed by atoms with Gasteiger partial charge in [-0.05, 0) is 23.7 Å².